The molecule has 1 N–H and O–H groups in total. The molecule has 10 nitrogen and oxygen atoms in total. The Morgan fingerprint density at radius 3 is 2.57 bits per heavy atom. The molecule has 2 heterocycles. The molecule has 1 aliphatic rings. The molecule has 0 saturated carbocycles. The molecule has 3 rings (SSSR count). The SMILES string of the molecule is O=C(O)CCCCCN1C(=O)S/C(=C\c2ccn(-c3ccc([N+](=O)[O-])cc3)n2)C1=O. The molecular formula is C19H18N4O6S. The summed E-state index contributed by atoms with van der Waals surface area (Å²) in [6, 6.07) is 7.54. The van der Waals surface area contributed by atoms with Gasteiger partial charge in [0.1, 0.15) is 0 Å². The zero-order valence-electron chi connectivity index (χ0n) is 15.8. The zero-order valence-corrected chi connectivity index (χ0v) is 16.6. The molecule has 1 aliphatic heterocycles. The second-order valence-corrected chi connectivity index (χ2v) is 7.49. The first kappa shape index (κ1) is 21.2. The van der Waals surface area contributed by atoms with Crippen molar-refractivity contribution in [3.05, 3.63) is 57.2 Å². The average molecular weight is 430 g/mol. The maximum Gasteiger partial charge on any atom is 0.303 e. The molecule has 0 aliphatic carbocycles. The number of benzene rings is 1. The number of nitro groups is 1. The van der Waals surface area contributed by atoms with Gasteiger partial charge in [0.25, 0.3) is 16.8 Å². The van der Waals surface area contributed by atoms with Crippen molar-refractivity contribution >= 4 is 40.6 Å². The summed E-state index contributed by atoms with van der Waals surface area (Å²) in [5.74, 6) is -1.26. The minimum Gasteiger partial charge on any atom is -0.481 e. The maximum atomic E-state index is 12.5. The number of unbranched alkanes of at least 4 members (excludes halogenated alkanes) is 2. The minimum atomic E-state index is -0.864. The van der Waals surface area contributed by atoms with Gasteiger partial charge in [-0.3, -0.25) is 29.4 Å². The van der Waals surface area contributed by atoms with Crippen LogP contribution in [-0.2, 0) is 9.59 Å². The van der Waals surface area contributed by atoms with Crippen LogP contribution in [0.3, 0.4) is 0 Å². The number of hydrogen-bond acceptors (Lipinski definition) is 7. The smallest absolute Gasteiger partial charge is 0.303 e. The summed E-state index contributed by atoms with van der Waals surface area (Å²) in [7, 11) is 0. The van der Waals surface area contributed by atoms with E-state index in [0.29, 0.717) is 30.6 Å². The molecule has 1 fully saturated rings. The largest absolute Gasteiger partial charge is 0.481 e. The Balaban J connectivity index is 1.63. The summed E-state index contributed by atoms with van der Waals surface area (Å²) in [5, 5.41) is 23.3. The van der Waals surface area contributed by atoms with Gasteiger partial charge in [-0.05, 0) is 48.9 Å². The van der Waals surface area contributed by atoms with Gasteiger partial charge in [-0.1, -0.05) is 6.42 Å². The normalized spacial score (nSPS) is 15.2. The third-order valence-electron chi connectivity index (χ3n) is 4.36. The lowest BCUT2D eigenvalue weighted by molar-refractivity contribution is -0.384. The zero-order chi connectivity index (χ0) is 21.7. The van der Waals surface area contributed by atoms with Crippen molar-refractivity contribution in [3.63, 3.8) is 0 Å². The van der Waals surface area contributed by atoms with E-state index in [-0.39, 0.29) is 28.8 Å². The van der Waals surface area contributed by atoms with Gasteiger partial charge in [0.2, 0.25) is 0 Å². The second kappa shape index (κ2) is 9.35. The number of thioether (sulfide) groups is 1. The van der Waals surface area contributed by atoms with Crippen LogP contribution < -0.4 is 0 Å². The lowest BCUT2D eigenvalue weighted by Crippen LogP contribution is -2.29. The van der Waals surface area contributed by atoms with E-state index >= 15 is 0 Å². The van der Waals surface area contributed by atoms with Crippen LogP contribution in [0.2, 0.25) is 0 Å². The maximum absolute atomic E-state index is 12.5. The third kappa shape index (κ3) is 5.11. The van der Waals surface area contributed by atoms with Crippen molar-refractivity contribution in [2.24, 2.45) is 0 Å². The summed E-state index contributed by atoms with van der Waals surface area (Å²) in [5.41, 5.74) is 1.07. The highest BCUT2D eigenvalue weighted by molar-refractivity contribution is 8.18. The molecular weight excluding hydrogens is 412 g/mol. The van der Waals surface area contributed by atoms with E-state index in [1.165, 1.54) is 22.9 Å². The van der Waals surface area contributed by atoms with E-state index in [1.54, 1.807) is 24.4 Å². The molecule has 30 heavy (non-hydrogen) atoms. The predicted octanol–water partition coefficient (Wildman–Crippen LogP) is 3.46. The van der Waals surface area contributed by atoms with E-state index < -0.39 is 16.8 Å². The lowest BCUT2D eigenvalue weighted by Gasteiger charge is -2.11. The Labute approximate surface area is 175 Å². The summed E-state index contributed by atoms with van der Waals surface area (Å²) in [6.45, 7) is 0.249. The number of carboxylic acid groups (broad SMARTS) is 1. The third-order valence-corrected chi connectivity index (χ3v) is 5.27. The number of non-ortho nitro benzene ring substituents is 1. The van der Waals surface area contributed by atoms with E-state index in [4.69, 9.17) is 5.11 Å². The van der Waals surface area contributed by atoms with Crippen molar-refractivity contribution in [1.82, 2.24) is 14.7 Å². The Morgan fingerprint density at radius 1 is 1.17 bits per heavy atom. The number of rotatable bonds is 9. The van der Waals surface area contributed by atoms with Crippen molar-refractivity contribution in [1.29, 1.82) is 0 Å². The van der Waals surface area contributed by atoms with E-state index in [2.05, 4.69) is 5.10 Å². The van der Waals surface area contributed by atoms with Gasteiger partial charge >= 0.3 is 5.97 Å². The van der Waals surface area contributed by atoms with E-state index in [1.807, 2.05) is 0 Å². The summed E-state index contributed by atoms with van der Waals surface area (Å²) < 4.78 is 1.52. The minimum absolute atomic E-state index is 0.0252. The van der Waals surface area contributed by atoms with Crippen LogP contribution in [0.4, 0.5) is 10.5 Å². The van der Waals surface area contributed by atoms with Crippen LogP contribution >= 0.6 is 11.8 Å². The highest BCUT2D eigenvalue weighted by atomic mass is 32.2. The summed E-state index contributed by atoms with van der Waals surface area (Å²) in [6.07, 6.45) is 4.91. The van der Waals surface area contributed by atoms with Gasteiger partial charge in [0, 0.05) is 31.3 Å². The van der Waals surface area contributed by atoms with Crippen LogP contribution in [-0.4, -0.2) is 48.4 Å². The Hall–Kier alpha value is -3.47. The number of amides is 2. The number of aromatic nitrogens is 2. The standard InChI is InChI=1S/C19H18N4O6S/c24-17(25)4-2-1-3-10-21-18(26)16(30-19(21)27)12-13-9-11-22(20-13)14-5-7-15(8-6-14)23(28)29/h5-9,11-12H,1-4,10H2,(H,24,25)/b16-12-. The summed E-state index contributed by atoms with van der Waals surface area (Å²) in [4.78, 5) is 46.8. The van der Waals surface area contributed by atoms with Crippen molar-refractivity contribution in [3.8, 4) is 5.69 Å². The van der Waals surface area contributed by atoms with Crippen molar-refractivity contribution < 1.29 is 24.4 Å². The Kier molecular flexibility index (Phi) is 6.62. The quantitative estimate of drug-likeness (QED) is 0.276. The second-order valence-electron chi connectivity index (χ2n) is 6.50. The van der Waals surface area contributed by atoms with Gasteiger partial charge in [0.15, 0.2) is 0 Å². The number of carbonyl (C=O) groups excluding carboxylic acids is 2. The molecule has 1 saturated heterocycles. The average Bonchev–Trinajstić information content (AvgIpc) is 3.27. The first-order valence-electron chi connectivity index (χ1n) is 9.13. The number of imide groups is 1. The van der Waals surface area contributed by atoms with Gasteiger partial charge in [-0.25, -0.2) is 4.68 Å². The fourth-order valence-corrected chi connectivity index (χ4v) is 3.69. The van der Waals surface area contributed by atoms with Crippen LogP contribution in [0, 0.1) is 10.1 Å². The molecule has 0 spiro atoms. The molecule has 1 aromatic carbocycles. The van der Waals surface area contributed by atoms with Crippen LogP contribution in [0.25, 0.3) is 11.8 Å². The number of nitrogens with zero attached hydrogens (tertiary/aromatic N) is 4. The van der Waals surface area contributed by atoms with Crippen LogP contribution in [0.5, 0.6) is 0 Å². The highest BCUT2D eigenvalue weighted by Crippen LogP contribution is 2.32. The van der Waals surface area contributed by atoms with Crippen molar-refractivity contribution in [2.45, 2.75) is 25.7 Å². The number of carbonyl (C=O) groups is 3. The monoisotopic (exact) mass is 430 g/mol. The Morgan fingerprint density at radius 2 is 1.90 bits per heavy atom. The Bertz CT molecular complexity index is 1010. The van der Waals surface area contributed by atoms with E-state index in [0.717, 1.165) is 16.7 Å². The fraction of sp³-hybridized carbons (Fsp3) is 0.263. The van der Waals surface area contributed by atoms with Crippen LogP contribution in [0.15, 0.2) is 41.4 Å². The molecule has 0 atom stereocenters. The first-order valence-corrected chi connectivity index (χ1v) is 9.94. The molecule has 156 valence electrons. The van der Waals surface area contributed by atoms with Crippen molar-refractivity contribution in [2.75, 3.05) is 6.54 Å². The predicted molar refractivity (Wildman–Crippen MR) is 109 cm³/mol. The van der Waals surface area contributed by atoms with Crippen LogP contribution in [0.1, 0.15) is 31.4 Å². The molecule has 0 bridgehead atoms. The molecule has 2 aromatic rings. The first-order chi connectivity index (χ1) is 14.3. The van der Waals surface area contributed by atoms with Gasteiger partial charge in [-0.2, -0.15) is 5.10 Å². The molecule has 2 amide bonds. The fourth-order valence-electron chi connectivity index (χ4n) is 2.84. The van der Waals surface area contributed by atoms with Gasteiger partial charge in [-0.15, -0.1) is 0 Å². The lowest BCUT2D eigenvalue weighted by atomic mass is 10.2. The topological polar surface area (TPSA) is 136 Å². The van der Waals surface area contributed by atoms with Gasteiger partial charge in [0.05, 0.1) is 21.2 Å². The van der Waals surface area contributed by atoms with Gasteiger partial charge < -0.3 is 5.11 Å². The number of aliphatic carboxylic acids is 1. The number of nitro benzene ring substituents is 1. The number of carboxylic acids is 1. The highest BCUT2D eigenvalue weighted by Gasteiger charge is 2.34. The molecule has 0 radical (unpaired) electrons. The van der Waals surface area contributed by atoms with E-state index in [9.17, 15) is 24.5 Å². The summed E-state index contributed by atoms with van der Waals surface area (Å²) >= 11 is 0.836. The molecule has 11 heteroatoms. The number of hydrogen-bond donors (Lipinski definition) is 1. The molecule has 0 unspecified atom stereocenters. The molecule has 1 aromatic heterocycles.